The maximum Gasteiger partial charge on any atom is 0.220 e. The van der Waals surface area contributed by atoms with Crippen molar-refractivity contribution in [1.82, 2.24) is 40.0 Å². The first-order valence-electron chi connectivity index (χ1n) is 11.0. The second-order valence-corrected chi connectivity index (χ2v) is 9.63. The van der Waals surface area contributed by atoms with Crippen LogP contribution in [0.1, 0.15) is 59.2 Å². The van der Waals surface area contributed by atoms with E-state index in [0.717, 1.165) is 31.4 Å². The molecule has 3 heterocycles. The van der Waals surface area contributed by atoms with E-state index in [1.807, 2.05) is 15.4 Å². The molecule has 0 aliphatic carbocycles. The molecular weight excluding hydrogens is 380 g/mol. The number of hydrogen-bond acceptors (Lipinski definition) is 6. The average molecular weight is 417 g/mol. The molecule has 2 aromatic rings. The molecule has 0 bridgehead atoms. The number of aryl methyl sites for hydroxylation is 1. The molecule has 0 radical (unpaired) electrons. The van der Waals surface area contributed by atoms with E-state index in [9.17, 15) is 4.79 Å². The number of imidazole rings is 1. The van der Waals surface area contributed by atoms with Gasteiger partial charge in [-0.2, -0.15) is 0 Å². The zero-order valence-electron chi connectivity index (χ0n) is 18.8. The lowest BCUT2D eigenvalue weighted by atomic mass is 9.86. The quantitative estimate of drug-likeness (QED) is 0.673. The van der Waals surface area contributed by atoms with Crippen molar-refractivity contribution in [2.75, 3.05) is 13.1 Å². The van der Waals surface area contributed by atoms with Crippen LogP contribution in [0.4, 0.5) is 0 Å². The van der Waals surface area contributed by atoms with Gasteiger partial charge >= 0.3 is 0 Å². The lowest BCUT2D eigenvalue weighted by Gasteiger charge is -2.32. The van der Waals surface area contributed by atoms with Gasteiger partial charge in [-0.25, -0.2) is 9.67 Å². The van der Waals surface area contributed by atoms with E-state index in [2.05, 4.69) is 58.4 Å². The number of nitrogens with one attached hydrogen (secondary N) is 1. The summed E-state index contributed by atoms with van der Waals surface area (Å²) in [4.78, 5) is 19.1. The second-order valence-electron chi connectivity index (χ2n) is 9.63. The number of tetrazole rings is 1. The Morgan fingerprint density at radius 1 is 1.30 bits per heavy atom. The van der Waals surface area contributed by atoms with Crippen molar-refractivity contribution in [3.8, 4) is 0 Å². The highest BCUT2D eigenvalue weighted by molar-refractivity contribution is 5.76. The van der Waals surface area contributed by atoms with Gasteiger partial charge in [0.25, 0.3) is 0 Å². The summed E-state index contributed by atoms with van der Waals surface area (Å²) >= 11 is 0. The summed E-state index contributed by atoms with van der Waals surface area (Å²) in [5, 5.41) is 15.4. The predicted molar refractivity (Wildman–Crippen MR) is 114 cm³/mol. The molecule has 0 unspecified atom stereocenters. The van der Waals surface area contributed by atoms with Crippen LogP contribution >= 0.6 is 0 Å². The smallest absolute Gasteiger partial charge is 0.220 e. The highest BCUT2D eigenvalue weighted by atomic mass is 16.1. The molecule has 9 heteroatoms. The standard InChI is InChI=1S/C21H36N8O/c1-17-7-11-27(12-8-17)15-19-24-25-26-29(19)10-5-6-20(30)23-18(21(2,3)4)14-28-13-9-22-16-28/h9,13,16-18H,5-8,10-12,14-15H2,1-4H3,(H,23,30)/t18-/m0/s1. The monoisotopic (exact) mass is 416 g/mol. The minimum absolute atomic E-state index is 0.0318. The number of carbonyl (C=O) groups excluding carboxylic acids is 1. The Bertz CT molecular complexity index is 771. The molecule has 1 aliphatic heterocycles. The fourth-order valence-corrected chi connectivity index (χ4v) is 3.73. The van der Waals surface area contributed by atoms with Gasteiger partial charge < -0.3 is 9.88 Å². The fourth-order valence-electron chi connectivity index (χ4n) is 3.73. The van der Waals surface area contributed by atoms with Crippen LogP contribution in [0.15, 0.2) is 18.7 Å². The first-order chi connectivity index (χ1) is 14.3. The largest absolute Gasteiger partial charge is 0.351 e. The third-order valence-electron chi connectivity index (χ3n) is 5.95. The number of piperidine rings is 1. The van der Waals surface area contributed by atoms with Crippen LogP contribution in [0.2, 0.25) is 0 Å². The Labute approximate surface area is 179 Å². The second kappa shape index (κ2) is 10.1. The third-order valence-corrected chi connectivity index (χ3v) is 5.95. The number of rotatable bonds is 9. The van der Waals surface area contributed by atoms with E-state index in [0.29, 0.717) is 25.9 Å². The maximum atomic E-state index is 12.6. The average Bonchev–Trinajstić information content (AvgIpc) is 3.35. The van der Waals surface area contributed by atoms with Crippen molar-refractivity contribution in [3.63, 3.8) is 0 Å². The molecule has 1 amide bonds. The molecule has 166 valence electrons. The minimum Gasteiger partial charge on any atom is -0.351 e. The minimum atomic E-state index is -0.0468. The van der Waals surface area contributed by atoms with Gasteiger partial charge in [-0.05, 0) is 54.1 Å². The summed E-state index contributed by atoms with van der Waals surface area (Å²) in [7, 11) is 0. The number of nitrogens with zero attached hydrogens (tertiary/aromatic N) is 7. The van der Waals surface area contributed by atoms with Crippen molar-refractivity contribution in [3.05, 3.63) is 24.5 Å². The summed E-state index contributed by atoms with van der Waals surface area (Å²) < 4.78 is 3.85. The number of carbonyl (C=O) groups is 1. The number of amides is 1. The van der Waals surface area contributed by atoms with Crippen LogP contribution in [-0.2, 0) is 24.4 Å². The number of aromatic nitrogens is 6. The van der Waals surface area contributed by atoms with E-state index in [-0.39, 0.29) is 17.4 Å². The summed E-state index contributed by atoms with van der Waals surface area (Å²) in [5.41, 5.74) is -0.0468. The molecular formula is C21H36N8O. The van der Waals surface area contributed by atoms with Gasteiger partial charge in [0.1, 0.15) is 0 Å². The molecule has 9 nitrogen and oxygen atoms in total. The Kier molecular flexibility index (Phi) is 7.58. The van der Waals surface area contributed by atoms with Crippen LogP contribution in [0.5, 0.6) is 0 Å². The van der Waals surface area contributed by atoms with Crippen LogP contribution < -0.4 is 5.32 Å². The van der Waals surface area contributed by atoms with Crippen LogP contribution in [0.25, 0.3) is 0 Å². The molecule has 0 aromatic carbocycles. The van der Waals surface area contributed by atoms with E-state index < -0.39 is 0 Å². The topological polar surface area (TPSA) is 93.8 Å². The van der Waals surface area contributed by atoms with Gasteiger partial charge in [0.05, 0.1) is 18.9 Å². The van der Waals surface area contributed by atoms with Gasteiger partial charge in [-0.1, -0.05) is 27.7 Å². The van der Waals surface area contributed by atoms with E-state index >= 15 is 0 Å². The Morgan fingerprint density at radius 3 is 2.73 bits per heavy atom. The molecule has 0 saturated carbocycles. The molecule has 3 rings (SSSR count). The summed E-state index contributed by atoms with van der Waals surface area (Å²) in [5.74, 6) is 1.76. The zero-order valence-corrected chi connectivity index (χ0v) is 18.8. The predicted octanol–water partition coefficient (Wildman–Crippen LogP) is 2.11. The van der Waals surface area contributed by atoms with Crippen molar-refractivity contribution in [2.24, 2.45) is 11.3 Å². The SMILES string of the molecule is CC1CCN(Cc2nnnn2CCCC(=O)N[C@@H](Cn2ccnc2)C(C)(C)C)CC1. The van der Waals surface area contributed by atoms with Gasteiger partial charge in [0.15, 0.2) is 5.82 Å². The Hall–Kier alpha value is -2.29. The molecule has 30 heavy (non-hydrogen) atoms. The molecule has 1 aliphatic rings. The third kappa shape index (κ3) is 6.62. The van der Waals surface area contributed by atoms with Crippen LogP contribution in [0, 0.1) is 11.3 Å². The molecule has 2 aromatic heterocycles. The lowest BCUT2D eigenvalue weighted by Crippen LogP contribution is -2.46. The molecule has 1 atom stereocenters. The summed E-state index contributed by atoms with van der Waals surface area (Å²) in [6.07, 6.45) is 9.10. The molecule has 1 N–H and O–H groups in total. The van der Waals surface area contributed by atoms with Gasteiger partial charge in [-0.3, -0.25) is 9.69 Å². The highest BCUT2D eigenvalue weighted by Gasteiger charge is 2.26. The number of likely N-dealkylation sites (tertiary alicyclic amines) is 1. The van der Waals surface area contributed by atoms with Gasteiger partial charge in [-0.15, -0.1) is 5.10 Å². The lowest BCUT2D eigenvalue weighted by molar-refractivity contribution is -0.122. The highest BCUT2D eigenvalue weighted by Crippen LogP contribution is 2.21. The van der Waals surface area contributed by atoms with Crippen molar-refractivity contribution in [1.29, 1.82) is 0 Å². The van der Waals surface area contributed by atoms with Crippen LogP contribution in [0.3, 0.4) is 0 Å². The van der Waals surface area contributed by atoms with E-state index in [1.165, 1.54) is 12.8 Å². The maximum absolute atomic E-state index is 12.6. The van der Waals surface area contributed by atoms with Crippen LogP contribution in [-0.4, -0.2) is 59.7 Å². The van der Waals surface area contributed by atoms with Gasteiger partial charge in [0.2, 0.25) is 5.91 Å². The van der Waals surface area contributed by atoms with Crippen molar-refractivity contribution in [2.45, 2.75) is 79.1 Å². The molecule has 1 fully saturated rings. The van der Waals surface area contributed by atoms with Crippen molar-refractivity contribution >= 4 is 5.91 Å². The zero-order chi connectivity index (χ0) is 21.6. The summed E-state index contributed by atoms with van der Waals surface area (Å²) in [6, 6.07) is 0.0318. The molecule has 0 spiro atoms. The van der Waals surface area contributed by atoms with E-state index in [4.69, 9.17) is 0 Å². The fraction of sp³-hybridized carbons (Fsp3) is 0.762. The molecule has 1 saturated heterocycles. The first kappa shape index (κ1) is 22.4. The first-order valence-corrected chi connectivity index (χ1v) is 11.0. The normalized spacial score (nSPS) is 17.2. The van der Waals surface area contributed by atoms with Crippen molar-refractivity contribution < 1.29 is 4.79 Å². The Morgan fingerprint density at radius 2 is 2.07 bits per heavy atom. The number of hydrogen-bond donors (Lipinski definition) is 1. The van der Waals surface area contributed by atoms with Gasteiger partial charge in [0, 0.05) is 31.9 Å². The van der Waals surface area contributed by atoms with E-state index in [1.54, 1.807) is 12.5 Å². The Balaban J connectivity index is 1.45. The summed E-state index contributed by atoms with van der Waals surface area (Å²) in [6.45, 7) is 13.1.